The summed E-state index contributed by atoms with van der Waals surface area (Å²) in [5.41, 5.74) is 1.20. The highest BCUT2D eigenvalue weighted by Gasteiger charge is 2.23. The van der Waals surface area contributed by atoms with Crippen molar-refractivity contribution in [1.82, 2.24) is 19.1 Å². The van der Waals surface area contributed by atoms with E-state index in [-0.39, 0.29) is 33.6 Å². The molecule has 7 rings (SSSR count). The minimum Gasteiger partial charge on any atom is -0.286 e. The van der Waals surface area contributed by atoms with Gasteiger partial charge >= 0.3 is 0 Å². The van der Waals surface area contributed by atoms with E-state index < -0.39 is 22.8 Å². The van der Waals surface area contributed by atoms with Crippen molar-refractivity contribution in [1.29, 1.82) is 10.5 Å². The van der Waals surface area contributed by atoms with Crippen LogP contribution in [0.4, 0.5) is 8.78 Å². The van der Waals surface area contributed by atoms with Gasteiger partial charge < -0.3 is 0 Å². The molecule has 0 amide bonds. The largest absolute Gasteiger partial charge is 0.286 e. The molecule has 0 N–H and O–H groups in total. The third kappa shape index (κ3) is 6.52. The average Bonchev–Trinajstić information content (AvgIpc) is 3.09. The summed E-state index contributed by atoms with van der Waals surface area (Å²) < 4.78 is 32.5. The number of benzene rings is 3. The SMILES string of the molecule is N#Cc1c(-c2ccc(-c3ccccc3)cc2F)nc2n(c1=O)CCCS2.N#Cc1c(-c2ccc(Br)cc2F)nc2n(c1=O)CCCS2. The number of fused-ring (bicyclic) bond motifs is 2. The van der Waals surface area contributed by atoms with Crippen LogP contribution in [-0.2, 0) is 13.1 Å². The van der Waals surface area contributed by atoms with Crippen LogP contribution in [0.1, 0.15) is 24.0 Å². The van der Waals surface area contributed by atoms with Gasteiger partial charge in [0.1, 0.15) is 34.9 Å². The van der Waals surface area contributed by atoms with Crippen molar-refractivity contribution in [2.45, 2.75) is 36.2 Å². The maximum Gasteiger partial charge on any atom is 0.272 e. The van der Waals surface area contributed by atoms with E-state index >= 15 is 0 Å². The van der Waals surface area contributed by atoms with E-state index in [2.05, 4.69) is 25.9 Å². The van der Waals surface area contributed by atoms with Crippen molar-refractivity contribution in [3.63, 3.8) is 0 Å². The summed E-state index contributed by atoms with van der Waals surface area (Å²) in [5, 5.41) is 19.8. The molecular formula is C34H23BrF2N6O2S2. The second kappa shape index (κ2) is 14.1. The molecule has 3 aromatic carbocycles. The first kappa shape index (κ1) is 32.4. The van der Waals surface area contributed by atoms with Crippen LogP contribution in [0.3, 0.4) is 0 Å². The molecule has 5 aromatic rings. The number of nitrogens with zero attached hydrogens (tertiary/aromatic N) is 6. The number of nitriles is 2. The first-order valence-corrected chi connectivity index (χ1v) is 17.2. The Hall–Kier alpha value is -4.56. The summed E-state index contributed by atoms with van der Waals surface area (Å²) in [6, 6.07) is 22.5. The molecule has 2 aliphatic heterocycles. The fraction of sp³-hybridized carbons (Fsp3) is 0.176. The van der Waals surface area contributed by atoms with Crippen LogP contribution in [0.25, 0.3) is 33.6 Å². The molecule has 0 fully saturated rings. The molecule has 8 nitrogen and oxygen atoms in total. The van der Waals surface area contributed by atoms with Crippen molar-refractivity contribution in [3.05, 3.63) is 115 Å². The van der Waals surface area contributed by atoms with E-state index in [1.165, 1.54) is 50.9 Å². The molecule has 234 valence electrons. The monoisotopic (exact) mass is 728 g/mol. The van der Waals surface area contributed by atoms with E-state index in [9.17, 15) is 28.9 Å². The van der Waals surface area contributed by atoms with Gasteiger partial charge in [-0.25, -0.2) is 18.7 Å². The molecule has 0 unspecified atom stereocenters. The maximum atomic E-state index is 14.8. The van der Waals surface area contributed by atoms with E-state index in [1.54, 1.807) is 18.2 Å². The maximum absolute atomic E-state index is 14.8. The Bertz CT molecular complexity index is 2230. The number of thioether (sulfide) groups is 2. The summed E-state index contributed by atoms with van der Waals surface area (Å²) in [5.74, 6) is 0.701. The van der Waals surface area contributed by atoms with Gasteiger partial charge in [0.2, 0.25) is 0 Å². The van der Waals surface area contributed by atoms with E-state index in [0.29, 0.717) is 27.9 Å². The van der Waals surface area contributed by atoms with Gasteiger partial charge in [-0.1, -0.05) is 75.9 Å². The van der Waals surface area contributed by atoms with Crippen molar-refractivity contribution < 1.29 is 8.78 Å². The molecule has 2 aliphatic rings. The van der Waals surface area contributed by atoms with Crippen molar-refractivity contribution in [3.8, 4) is 45.8 Å². The molecule has 0 atom stereocenters. The lowest BCUT2D eigenvalue weighted by Crippen LogP contribution is -2.29. The summed E-state index contributed by atoms with van der Waals surface area (Å²) in [4.78, 5) is 33.8. The fourth-order valence-corrected chi connectivity index (χ4v) is 7.46. The highest BCUT2D eigenvalue weighted by Crippen LogP contribution is 2.32. The molecule has 0 aliphatic carbocycles. The Morgan fingerprint density at radius 3 is 1.70 bits per heavy atom. The Balaban J connectivity index is 0.000000168. The van der Waals surface area contributed by atoms with Gasteiger partial charge in [-0.2, -0.15) is 10.5 Å². The third-order valence-electron chi connectivity index (χ3n) is 7.52. The molecule has 2 aromatic heterocycles. The van der Waals surface area contributed by atoms with Gasteiger partial charge in [0.15, 0.2) is 10.3 Å². The zero-order valence-corrected chi connectivity index (χ0v) is 27.8. The second-order valence-corrected chi connectivity index (χ2v) is 13.5. The van der Waals surface area contributed by atoms with Crippen LogP contribution >= 0.6 is 39.5 Å². The minimum atomic E-state index is -0.515. The van der Waals surface area contributed by atoms with Crippen molar-refractivity contribution in [2.24, 2.45) is 0 Å². The van der Waals surface area contributed by atoms with Gasteiger partial charge in [-0.05, 0) is 54.3 Å². The molecule has 47 heavy (non-hydrogen) atoms. The summed E-state index contributed by atoms with van der Waals surface area (Å²) in [7, 11) is 0. The topological polar surface area (TPSA) is 117 Å². The van der Waals surface area contributed by atoms with Crippen LogP contribution in [-0.4, -0.2) is 30.6 Å². The van der Waals surface area contributed by atoms with Crippen LogP contribution in [0.15, 0.2) is 91.1 Å². The van der Waals surface area contributed by atoms with Crippen molar-refractivity contribution in [2.75, 3.05) is 11.5 Å². The van der Waals surface area contributed by atoms with Crippen LogP contribution in [0.5, 0.6) is 0 Å². The van der Waals surface area contributed by atoms with Gasteiger partial charge in [0.25, 0.3) is 11.1 Å². The molecule has 0 bridgehead atoms. The predicted molar refractivity (Wildman–Crippen MR) is 181 cm³/mol. The lowest BCUT2D eigenvalue weighted by molar-refractivity contribution is 0.561. The normalized spacial score (nSPS) is 13.3. The predicted octanol–water partition coefficient (Wildman–Crippen LogP) is 7.26. The molecule has 4 heterocycles. The van der Waals surface area contributed by atoms with Crippen molar-refractivity contribution >= 4 is 39.5 Å². The number of halogens is 3. The van der Waals surface area contributed by atoms with E-state index in [4.69, 9.17) is 0 Å². The third-order valence-corrected chi connectivity index (χ3v) is 10.1. The average molecular weight is 730 g/mol. The molecular weight excluding hydrogens is 706 g/mol. The summed E-state index contributed by atoms with van der Waals surface area (Å²) in [6.07, 6.45) is 1.71. The molecule has 0 radical (unpaired) electrons. The molecule has 0 saturated carbocycles. The van der Waals surface area contributed by atoms with Gasteiger partial charge in [0.05, 0.1) is 11.4 Å². The minimum absolute atomic E-state index is 0.109. The quantitative estimate of drug-likeness (QED) is 0.178. The zero-order chi connectivity index (χ0) is 33.1. The Morgan fingerprint density at radius 1 is 0.702 bits per heavy atom. The Kier molecular flexibility index (Phi) is 9.68. The zero-order valence-electron chi connectivity index (χ0n) is 24.5. The van der Waals surface area contributed by atoms with Gasteiger partial charge in [-0.15, -0.1) is 0 Å². The number of rotatable bonds is 3. The second-order valence-electron chi connectivity index (χ2n) is 10.5. The number of aromatic nitrogens is 4. The first-order chi connectivity index (χ1) is 22.8. The molecule has 0 saturated heterocycles. The molecule has 13 heteroatoms. The smallest absolute Gasteiger partial charge is 0.272 e. The number of hydrogen-bond acceptors (Lipinski definition) is 8. The lowest BCUT2D eigenvalue weighted by Gasteiger charge is -2.18. The standard InChI is InChI=1S/C20H14FN3OS.C14H9BrFN3OS/c21-17-11-14(13-5-2-1-3-6-13)7-8-15(17)18-16(12-22)19(25)24-9-4-10-26-20(24)23-18;15-8-2-3-9(11(16)6-8)12-10(7-17)13(20)19-4-1-5-21-14(19)18-12/h1-3,5-8,11H,4,9-10H2;2-3,6H,1,4-5H2. The summed E-state index contributed by atoms with van der Waals surface area (Å²) in [6.45, 7) is 1.09. The number of hydrogen-bond donors (Lipinski definition) is 0. The van der Waals surface area contributed by atoms with Crippen LogP contribution in [0, 0.1) is 34.3 Å². The lowest BCUT2D eigenvalue weighted by atomic mass is 10.0. The van der Waals surface area contributed by atoms with Crippen LogP contribution < -0.4 is 11.1 Å². The highest BCUT2D eigenvalue weighted by molar-refractivity contribution is 9.10. The fourth-order valence-electron chi connectivity index (χ4n) is 5.25. The first-order valence-electron chi connectivity index (χ1n) is 14.5. The Labute approximate surface area is 284 Å². The molecule has 0 spiro atoms. The summed E-state index contributed by atoms with van der Waals surface area (Å²) >= 11 is 6.09. The van der Waals surface area contributed by atoms with E-state index in [0.717, 1.165) is 35.5 Å². The van der Waals surface area contributed by atoms with Gasteiger partial charge in [0, 0.05) is 40.2 Å². The highest BCUT2D eigenvalue weighted by atomic mass is 79.9. The van der Waals surface area contributed by atoms with Crippen LogP contribution in [0.2, 0.25) is 0 Å². The Morgan fingerprint density at radius 2 is 1.21 bits per heavy atom. The van der Waals surface area contributed by atoms with Gasteiger partial charge in [-0.3, -0.25) is 18.7 Å². The van der Waals surface area contributed by atoms with E-state index in [1.807, 2.05) is 42.5 Å².